The molecule has 1 atom stereocenters. The van der Waals surface area contributed by atoms with Gasteiger partial charge < -0.3 is 4.90 Å². The second-order valence-corrected chi connectivity index (χ2v) is 7.78. The normalized spacial score (nSPS) is 18.8. The van der Waals surface area contributed by atoms with Gasteiger partial charge in [-0.05, 0) is 48.2 Å². The Labute approximate surface area is 145 Å². The number of para-hydroxylation sites is 1. The lowest BCUT2D eigenvalue weighted by molar-refractivity contribution is -0.117. The second-order valence-electron chi connectivity index (χ2n) is 6.47. The molecule has 0 radical (unpaired) electrons. The van der Waals surface area contributed by atoms with Gasteiger partial charge in [0.2, 0.25) is 11.1 Å². The molecule has 1 aliphatic carbocycles. The number of nitrogens with zero attached hydrogens (tertiary/aromatic N) is 5. The van der Waals surface area contributed by atoms with Gasteiger partial charge in [0.1, 0.15) is 0 Å². The molecule has 0 spiro atoms. The van der Waals surface area contributed by atoms with Crippen molar-refractivity contribution in [3.05, 3.63) is 29.8 Å². The van der Waals surface area contributed by atoms with Gasteiger partial charge in [-0.15, -0.1) is 5.10 Å². The smallest absolute Gasteiger partial charge is 0.240 e. The molecule has 1 saturated carbocycles. The van der Waals surface area contributed by atoms with Crippen LogP contribution in [0.3, 0.4) is 0 Å². The lowest BCUT2D eigenvalue weighted by atomic mass is 10.2. The molecule has 2 aromatic rings. The van der Waals surface area contributed by atoms with Crippen LogP contribution in [0.25, 0.3) is 0 Å². The van der Waals surface area contributed by atoms with E-state index in [0.717, 1.165) is 36.7 Å². The molecule has 1 aromatic heterocycles. The first kappa shape index (κ1) is 15.6. The van der Waals surface area contributed by atoms with Gasteiger partial charge in [0, 0.05) is 12.2 Å². The van der Waals surface area contributed by atoms with Gasteiger partial charge in [0.25, 0.3) is 0 Å². The predicted octanol–water partition coefficient (Wildman–Crippen LogP) is 2.86. The SMILES string of the molecule is C[C@H](Sc1nnnn1C1CCCC1)C(=O)N1CCc2ccccc21. The van der Waals surface area contributed by atoms with Crippen molar-refractivity contribution in [3.8, 4) is 0 Å². The number of carbonyl (C=O) groups excluding carboxylic acids is 1. The van der Waals surface area contributed by atoms with Crippen LogP contribution in [0.4, 0.5) is 5.69 Å². The maximum atomic E-state index is 12.9. The van der Waals surface area contributed by atoms with Crippen LogP contribution >= 0.6 is 11.8 Å². The fourth-order valence-electron chi connectivity index (χ4n) is 3.64. The summed E-state index contributed by atoms with van der Waals surface area (Å²) in [6, 6.07) is 8.53. The quantitative estimate of drug-likeness (QED) is 0.799. The van der Waals surface area contributed by atoms with Crippen LogP contribution in [-0.4, -0.2) is 37.9 Å². The Bertz CT molecular complexity index is 740. The average Bonchev–Trinajstić information content (AvgIpc) is 3.33. The zero-order valence-electron chi connectivity index (χ0n) is 13.8. The third-order valence-corrected chi connectivity index (χ3v) is 5.95. The number of rotatable bonds is 4. The number of aromatic nitrogens is 4. The summed E-state index contributed by atoms with van der Waals surface area (Å²) < 4.78 is 1.92. The molecular formula is C17H21N5OS. The largest absolute Gasteiger partial charge is 0.311 e. The Morgan fingerprint density at radius 2 is 2.08 bits per heavy atom. The fourth-order valence-corrected chi connectivity index (χ4v) is 4.56. The van der Waals surface area contributed by atoms with E-state index in [1.54, 1.807) is 0 Å². The molecule has 4 rings (SSSR count). The molecule has 0 saturated heterocycles. The molecule has 1 amide bonds. The molecule has 7 heteroatoms. The van der Waals surface area contributed by atoms with E-state index >= 15 is 0 Å². The van der Waals surface area contributed by atoms with E-state index in [1.165, 1.54) is 30.2 Å². The maximum Gasteiger partial charge on any atom is 0.240 e. The highest BCUT2D eigenvalue weighted by atomic mass is 32.2. The Morgan fingerprint density at radius 1 is 1.29 bits per heavy atom. The van der Waals surface area contributed by atoms with Crippen molar-refractivity contribution in [2.75, 3.05) is 11.4 Å². The molecule has 0 bridgehead atoms. The molecule has 126 valence electrons. The topological polar surface area (TPSA) is 63.9 Å². The van der Waals surface area contributed by atoms with E-state index in [-0.39, 0.29) is 11.2 Å². The first-order valence-corrected chi connectivity index (χ1v) is 9.46. The predicted molar refractivity (Wildman–Crippen MR) is 93.1 cm³/mol. The van der Waals surface area contributed by atoms with Crippen molar-refractivity contribution in [3.63, 3.8) is 0 Å². The van der Waals surface area contributed by atoms with Crippen molar-refractivity contribution in [1.82, 2.24) is 20.2 Å². The summed E-state index contributed by atoms with van der Waals surface area (Å²) in [7, 11) is 0. The van der Waals surface area contributed by atoms with E-state index in [1.807, 2.05) is 34.7 Å². The number of benzene rings is 1. The average molecular weight is 343 g/mol. The zero-order chi connectivity index (χ0) is 16.5. The van der Waals surface area contributed by atoms with Gasteiger partial charge in [-0.25, -0.2) is 4.68 Å². The number of hydrogen-bond acceptors (Lipinski definition) is 5. The highest BCUT2D eigenvalue weighted by Gasteiger charge is 2.30. The summed E-state index contributed by atoms with van der Waals surface area (Å²) in [5, 5.41) is 12.7. The first-order chi connectivity index (χ1) is 11.7. The third kappa shape index (κ3) is 2.81. The number of tetrazole rings is 1. The van der Waals surface area contributed by atoms with Crippen molar-refractivity contribution in [2.24, 2.45) is 0 Å². The molecule has 6 nitrogen and oxygen atoms in total. The number of amides is 1. The number of anilines is 1. The van der Waals surface area contributed by atoms with Crippen LogP contribution in [0, 0.1) is 0 Å². The van der Waals surface area contributed by atoms with Crippen molar-refractivity contribution in [1.29, 1.82) is 0 Å². The van der Waals surface area contributed by atoms with Crippen molar-refractivity contribution >= 4 is 23.4 Å². The van der Waals surface area contributed by atoms with Crippen LogP contribution in [0.5, 0.6) is 0 Å². The van der Waals surface area contributed by atoms with Crippen LogP contribution < -0.4 is 4.90 Å². The Kier molecular flexibility index (Phi) is 4.26. The van der Waals surface area contributed by atoms with Crippen LogP contribution in [-0.2, 0) is 11.2 Å². The molecule has 24 heavy (non-hydrogen) atoms. The maximum absolute atomic E-state index is 12.9. The van der Waals surface area contributed by atoms with Gasteiger partial charge in [-0.1, -0.05) is 42.8 Å². The number of hydrogen-bond donors (Lipinski definition) is 0. The number of fused-ring (bicyclic) bond motifs is 1. The monoisotopic (exact) mass is 343 g/mol. The molecule has 2 aliphatic rings. The Morgan fingerprint density at radius 3 is 2.92 bits per heavy atom. The van der Waals surface area contributed by atoms with Crippen molar-refractivity contribution < 1.29 is 4.79 Å². The summed E-state index contributed by atoms with van der Waals surface area (Å²) in [6.45, 7) is 2.71. The number of thioether (sulfide) groups is 1. The minimum atomic E-state index is -0.206. The van der Waals surface area contributed by atoms with E-state index < -0.39 is 0 Å². The first-order valence-electron chi connectivity index (χ1n) is 8.58. The Hall–Kier alpha value is -1.89. The lowest BCUT2D eigenvalue weighted by Gasteiger charge is -2.21. The van der Waals surface area contributed by atoms with Gasteiger partial charge in [0.15, 0.2) is 0 Å². The highest BCUT2D eigenvalue weighted by Crippen LogP contribution is 2.34. The van der Waals surface area contributed by atoms with Crippen LogP contribution in [0.1, 0.15) is 44.2 Å². The molecule has 1 fully saturated rings. The summed E-state index contributed by atoms with van der Waals surface area (Å²) >= 11 is 1.47. The standard InChI is InChI=1S/C17H21N5OS/c1-12(16(23)21-11-10-13-6-2-5-9-15(13)21)24-17-18-19-20-22(17)14-7-3-4-8-14/h2,5-6,9,12,14H,3-4,7-8,10-11H2,1H3/t12-/m0/s1. The van der Waals surface area contributed by atoms with Crippen molar-refractivity contribution in [2.45, 2.75) is 55.5 Å². The van der Waals surface area contributed by atoms with Gasteiger partial charge in [0.05, 0.1) is 11.3 Å². The molecule has 1 aliphatic heterocycles. The summed E-state index contributed by atoms with van der Waals surface area (Å²) in [5.74, 6) is 0.130. The molecule has 2 heterocycles. The summed E-state index contributed by atoms with van der Waals surface area (Å²) in [6.07, 6.45) is 5.64. The fraction of sp³-hybridized carbons (Fsp3) is 0.529. The van der Waals surface area contributed by atoms with Crippen LogP contribution in [0.15, 0.2) is 29.4 Å². The van der Waals surface area contributed by atoms with E-state index in [2.05, 4.69) is 21.6 Å². The Balaban J connectivity index is 1.48. The zero-order valence-corrected chi connectivity index (χ0v) is 14.6. The molecule has 0 N–H and O–H groups in total. The van der Waals surface area contributed by atoms with Crippen LogP contribution in [0.2, 0.25) is 0 Å². The van der Waals surface area contributed by atoms with Gasteiger partial charge in [-0.3, -0.25) is 4.79 Å². The van der Waals surface area contributed by atoms with Gasteiger partial charge in [-0.2, -0.15) is 0 Å². The third-order valence-electron chi connectivity index (χ3n) is 4.92. The summed E-state index contributed by atoms with van der Waals surface area (Å²) in [4.78, 5) is 14.8. The van der Waals surface area contributed by atoms with E-state index in [0.29, 0.717) is 6.04 Å². The van der Waals surface area contributed by atoms with E-state index in [4.69, 9.17) is 0 Å². The van der Waals surface area contributed by atoms with Gasteiger partial charge >= 0.3 is 0 Å². The lowest BCUT2D eigenvalue weighted by Crippen LogP contribution is -2.35. The summed E-state index contributed by atoms with van der Waals surface area (Å²) in [5.41, 5.74) is 2.30. The molecule has 1 aromatic carbocycles. The minimum Gasteiger partial charge on any atom is -0.311 e. The number of carbonyl (C=O) groups is 1. The second kappa shape index (κ2) is 6.55. The molecular weight excluding hydrogens is 322 g/mol. The highest BCUT2D eigenvalue weighted by molar-refractivity contribution is 8.00. The van der Waals surface area contributed by atoms with E-state index in [9.17, 15) is 4.79 Å². The molecule has 0 unspecified atom stereocenters. The minimum absolute atomic E-state index is 0.130.